The van der Waals surface area contributed by atoms with E-state index >= 15 is 0 Å². The van der Waals surface area contributed by atoms with Crippen LogP contribution in [0, 0.1) is 5.82 Å². The molecular formula is C11H7ClFN3O. The average Bonchev–Trinajstić information content (AvgIpc) is 2.35. The normalized spacial score (nSPS) is 10.0. The summed E-state index contributed by atoms with van der Waals surface area (Å²) < 4.78 is 12.9. The molecule has 1 amide bonds. The van der Waals surface area contributed by atoms with E-state index in [4.69, 9.17) is 11.6 Å². The highest BCUT2D eigenvalue weighted by molar-refractivity contribution is 6.31. The molecule has 0 fully saturated rings. The number of rotatable bonds is 2. The SMILES string of the molecule is O=C(Nc1ccc(F)c(Cl)c1)c1cncnc1. The van der Waals surface area contributed by atoms with Gasteiger partial charge >= 0.3 is 0 Å². The van der Waals surface area contributed by atoms with Gasteiger partial charge in [0.05, 0.1) is 10.6 Å². The number of hydrogen-bond acceptors (Lipinski definition) is 3. The van der Waals surface area contributed by atoms with Crippen molar-refractivity contribution in [2.24, 2.45) is 0 Å². The third-order valence-corrected chi connectivity index (χ3v) is 2.29. The van der Waals surface area contributed by atoms with Crippen molar-refractivity contribution < 1.29 is 9.18 Å². The van der Waals surface area contributed by atoms with Crippen LogP contribution in [0.25, 0.3) is 0 Å². The maximum absolute atomic E-state index is 12.9. The van der Waals surface area contributed by atoms with Gasteiger partial charge in [0, 0.05) is 18.1 Å². The van der Waals surface area contributed by atoms with Crippen molar-refractivity contribution >= 4 is 23.2 Å². The average molecular weight is 252 g/mol. The van der Waals surface area contributed by atoms with Gasteiger partial charge in [0.25, 0.3) is 5.91 Å². The van der Waals surface area contributed by atoms with Gasteiger partial charge < -0.3 is 5.32 Å². The summed E-state index contributed by atoms with van der Waals surface area (Å²) in [5, 5.41) is 2.51. The van der Waals surface area contributed by atoms with Crippen LogP contribution in [-0.4, -0.2) is 15.9 Å². The third kappa shape index (κ3) is 2.76. The van der Waals surface area contributed by atoms with Crippen molar-refractivity contribution in [1.82, 2.24) is 9.97 Å². The number of amides is 1. The Bertz CT molecular complexity index is 548. The largest absolute Gasteiger partial charge is 0.322 e. The lowest BCUT2D eigenvalue weighted by Crippen LogP contribution is -2.12. The Morgan fingerprint density at radius 3 is 2.65 bits per heavy atom. The van der Waals surface area contributed by atoms with Crippen LogP contribution in [0.3, 0.4) is 0 Å². The van der Waals surface area contributed by atoms with Crippen LogP contribution in [0.15, 0.2) is 36.9 Å². The fourth-order valence-electron chi connectivity index (χ4n) is 1.19. The summed E-state index contributed by atoms with van der Waals surface area (Å²) in [7, 11) is 0. The highest BCUT2D eigenvalue weighted by Gasteiger charge is 2.07. The van der Waals surface area contributed by atoms with Crippen molar-refractivity contribution in [2.75, 3.05) is 5.32 Å². The number of nitrogens with zero attached hydrogens (tertiary/aromatic N) is 2. The van der Waals surface area contributed by atoms with Crippen molar-refractivity contribution in [3.63, 3.8) is 0 Å². The van der Waals surface area contributed by atoms with Crippen LogP contribution in [-0.2, 0) is 0 Å². The lowest BCUT2D eigenvalue weighted by atomic mass is 10.2. The van der Waals surface area contributed by atoms with E-state index < -0.39 is 5.82 Å². The molecule has 0 unspecified atom stereocenters. The molecule has 0 saturated heterocycles. The maximum Gasteiger partial charge on any atom is 0.258 e. The molecule has 0 saturated carbocycles. The van der Waals surface area contributed by atoms with E-state index in [1.165, 1.54) is 36.9 Å². The lowest BCUT2D eigenvalue weighted by Gasteiger charge is -2.05. The Labute approximate surface area is 101 Å². The molecule has 0 radical (unpaired) electrons. The molecule has 0 atom stereocenters. The topological polar surface area (TPSA) is 54.9 Å². The van der Waals surface area contributed by atoms with E-state index in [0.717, 1.165) is 0 Å². The molecule has 86 valence electrons. The van der Waals surface area contributed by atoms with Crippen molar-refractivity contribution in [2.45, 2.75) is 0 Å². The Morgan fingerprint density at radius 2 is 2.00 bits per heavy atom. The van der Waals surface area contributed by atoms with Crippen LogP contribution < -0.4 is 5.32 Å². The summed E-state index contributed by atoms with van der Waals surface area (Å²) in [5.41, 5.74) is 0.721. The van der Waals surface area contributed by atoms with E-state index in [0.29, 0.717) is 11.3 Å². The fraction of sp³-hybridized carbons (Fsp3) is 0. The first kappa shape index (κ1) is 11.5. The number of anilines is 1. The van der Waals surface area contributed by atoms with Gasteiger partial charge in [-0.15, -0.1) is 0 Å². The summed E-state index contributed by atoms with van der Waals surface area (Å²) in [6.45, 7) is 0. The molecule has 0 spiro atoms. The molecular weight excluding hydrogens is 245 g/mol. The first-order valence-corrected chi connectivity index (χ1v) is 5.06. The lowest BCUT2D eigenvalue weighted by molar-refractivity contribution is 0.102. The van der Waals surface area contributed by atoms with Gasteiger partial charge in [0.15, 0.2) is 0 Å². The van der Waals surface area contributed by atoms with Gasteiger partial charge in [0.2, 0.25) is 0 Å². The Morgan fingerprint density at radius 1 is 1.29 bits per heavy atom. The number of carbonyl (C=O) groups excluding carboxylic acids is 1. The third-order valence-electron chi connectivity index (χ3n) is 2.00. The molecule has 2 rings (SSSR count). The predicted octanol–water partition coefficient (Wildman–Crippen LogP) is 2.52. The second kappa shape index (κ2) is 4.88. The Balaban J connectivity index is 2.16. The summed E-state index contributed by atoms with van der Waals surface area (Å²) in [5.74, 6) is -0.916. The van der Waals surface area contributed by atoms with E-state index in [-0.39, 0.29) is 10.9 Å². The number of nitrogens with one attached hydrogen (secondary N) is 1. The minimum absolute atomic E-state index is 0.0490. The molecule has 1 aromatic heterocycles. The van der Waals surface area contributed by atoms with E-state index in [1.54, 1.807) is 0 Å². The zero-order valence-corrected chi connectivity index (χ0v) is 9.28. The smallest absolute Gasteiger partial charge is 0.258 e. The molecule has 4 nitrogen and oxygen atoms in total. The van der Waals surface area contributed by atoms with Crippen LogP contribution >= 0.6 is 11.6 Å². The van der Waals surface area contributed by atoms with Crippen molar-refractivity contribution in [3.05, 3.63) is 53.3 Å². The van der Waals surface area contributed by atoms with Crippen LogP contribution in [0.1, 0.15) is 10.4 Å². The summed E-state index contributed by atoms with van der Waals surface area (Å²) in [4.78, 5) is 19.1. The first-order chi connectivity index (χ1) is 8.16. The Kier molecular flexibility index (Phi) is 3.30. The summed E-state index contributed by atoms with van der Waals surface area (Å²) >= 11 is 5.59. The van der Waals surface area contributed by atoms with Crippen molar-refractivity contribution in [1.29, 1.82) is 0 Å². The zero-order chi connectivity index (χ0) is 12.3. The van der Waals surface area contributed by atoms with Crippen molar-refractivity contribution in [3.8, 4) is 0 Å². The van der Waals surface area contributed by atoms with Gasteiger partial charge in [-0.3, -0.25) is 4.79 Å². The van der Waals surface area contributed by atoms with Gasteiger partial charge in [-0.2, -0.15) is 0 Å². The van der Waals surface area contributed by atoms with E-state index in [2.05, 4.69) is 15.3 Å². The van der Waals surface area contributed by atoms with Crippen LogP contribution in [0.2, 0.25) is 5.02 Å². The maximum atomic E-state index is 12.9. The monoisotopic (exact) mass is 251 g/mol. The molecule has 0 aliphatic heterocycles. The van der Waals surface area contributed by atoms with Crippen LogP contribution in [0.4, 0.5) is 10.1 Å². The zero-order valence-electron chi connectivity index (χ0n) is 8.52. The highest BCUT2D eigenvalue weighted by atomic mass is 35.5. The minimum Gasteiger partial charge on any atom is -0.322 e. The molecule has 2 aromatic rings. The van der Waals surface area contributed by atoms with Gasteiger partial charge in [-0.1, -0.05) is 11.6 Å². The second-order valence-corrected chi connectivity index (χ2v) is 3.62. The fourth-order valence-corrected chi connectivity index (χ4v) is 1.37. The highest BCUT2D eigenvalue weighted by Crippen LogP contribution is 2.19. The standard InChI is InChI=1S/C11H7ClFN3O/c12-9-3-8(1-2-10(9)13)16-11(17)7-4-14-6-15-5-7/h1-6H,(H,16,17). The number of carbonyl (C=O) groups is 1. The minimum atomic E-state index is -0.535. The number of halogens is 2. The van der Waals surface area contributed by atoms with Gasteiger partial charge in [-0.25, -0.2) is 14.4 Å². The van der Waals surface area contributed by atoms with Gasteiger partial charge in [-0.05, 0) is 18.2 Å². The van der Waals surface area contributed by atoms with Crippen LogP contribution in [0.5, 0.6) is 0 Å². The molecule has 0 aliphatic rings. The quantitative estimate of drug-likeness (QED) is 0.892. The van der Waals surface area contributed by atoms with Gasteiger partial charge in [0.1, 0.15) is 12.1 Å². The predicted molar refractivity (Wildman–Crippen MR) is 61.4 cm³/mol. The molecule has 1 N–H and O–H groups in total. The number of aromatic nitrogens is 2. The van der Waals surface area contributed by atoms with E-state index in [9.17, 15) is 9.18 Å². The second-order valence-electron chi connectivity index (χ2n) is 3.21. The summed E-state index contributed by atoms with van der Waals surface area (Å²) in [6.07, 6.45) is 4.09. The molecule has 17 heavy (non-hydrogen) atoms. The number of hydrogen-bond donors (Lipinski definition) is 1. The molecule has 1 heterocycles. The summed E-state index contributed by atoms with van der Waals surface area (Å²) in [6, 6.07) is 3.93. The Hall–Kier alpha value is -2.01. The molecule has 6 heteroatoms. The molecule has 0 aliphatic carbocycles. The number of benzene rings is 1. The molecule has 1 aromatic carbocycles. The van der Waals surface area contributed by atoms with E-state index in [1.807, 2.05) is 0 Å². The molecule has 0 bridgehead atoms. The first-order valence-electron chi connectivity index (χ1n) is 4.68.